The van der Waals surface area contributed by atoms with Crippen LogP contribution in [0.15, 0.2) is 75.9 Å². The van der Waals surface area contributed by atoms with E-state index in [0.717, 1.165) is 4.47 Å². The molecule has 0 saturated carbocycles. The van der Waals surface area contributed by atoms with Gasteiger partial charge in [-0.3, -0.25) is 4.79 Å². The lowest BCUT2D eigenvalue weighted by Crippen LogP contribution is -2.23. The van der Waals surface area contributed by atoms with Crippen molar-refractivity contribution in [1.29, 1.82) is 0 Å². The minimum Gasteiger partial charge on any atom is -0.449 e. The molecule has 0 aliphatic heterocycles. The van der Waals surface area contributed by atoms with Gasteiger partial charge in [0.15, 0.2) is 0 Å². The summed E-state index contributed by atoms with van der Waals surface area (Å²) in [6.07, 6.45) is 2.81. The fraction of sp³-hybridized carbons (Fsp3) is 0.0526. The first-order valence-corrected chi connectivity index (χ1v) is 9.28. The third-order valence-electron chi connectivity index (χ3n) is 3.63. The number of nitrogens with two attached hydrogens (primary N) is 1. The maximum Gasteiger partial charge on any atom is 0.316 e. The van der Waals surface area contributed by atoms with Crippen molar-refractivity contribution in [2.45, 2.75) is 0 Å². The Hall–Kier alpha value is -2.81. The van der Waals surface area contributed by atoms with E-state index in [0.29, 0.717) is 22.1 Å². The Bertz CT molecular complexity index is 1050. The van der Waals surface area contributed by atoms with Crippen molar-refractivity contribution >= 4 is 33.2 Å². The lowest BCUT2D eigenvalue weighted by atomic mass is 10.3. The van der Waals surface area contributed by atoms with Crippen molar-refractivity contribution < 1.29 is 9.84 Å². The summed E-state index contributed by atoms with van der Waals surface area (Å²) in [5.74, 6) is 0.491. The van der Waals surface area contributed by atoms with E-state index in [1.165, 1.54) is 17.1 Å². The fourth-order valence-corrected chi connectivity index (χ4v) is 2.63. The van der Waals surface area contributed by atoms with Crippen LogP contribution >= 0.6 is 27.5 Å². The zero-order chi connectivity index (χ0) is 20.1. The van der Waals surface area contributed by atoms with E-state index in [-0.39, 0.29) is 18.1 Å². The average Bonchev–Trinajstić information content (AvgIpc) is 2.70. The predicted molar refractivity (Wildman–Crippen MR) is 112 cm³/mol. The van der Waals surface area contributed by atoms with Gasteiger partial charge in [0.1, 0.15) is 11.4 Å². The number of anilines is 1. The van der Waals surface area contributed by atoms with E-state index in [2.05, 4.69) is 26.3 Å². The van der Waals surface area contributed by atoms with Crippen LogP contribution in [0.1, 0.15) is 0 Å². The van der Waals surface area contributed by atoms with Crippen molar-refractivity contribution in [1.82, 2.24) is 9.78 Å². The van der Waals surface area contributed by atoms with Crippen LogP contribution in [0.4, 0.5) is 5.69 Å². The molecule has 0 fully saturated rings. The molecule has 3 aromatic rings. The van der Waals surface area contributed by atoms with Crippen LogP contribution in [-0.4, -0.2) is 21.5 Å². The Morgan fingerprint density at radius 2 is 1.93 bits per heavy atom. The van der Waals surface area contributed by atoms with Crippen molar-refractivity contribution in [3.05, 3.63) is 86.5 Å². The largest absolute Gasteiger partial charge is 0.449 e. The van der Waals surface area contributed by atoms with Crippen LogP contribution in [0, 0.1) is 0 Å². The first kappa shape index (κ1) is 19.9. The number of aliphatic hydroxyl groups excluding tert-OH is 1. The maximum atomic E-state index is 13.1. The second-order valence-electron chi connectivity index (χ2n) is 5.66. The second-order valence-corrected chi connectivity index (χ2v) is 7.01. The van der Waals surface area contributed by atoms with Gasteiger partial charge in [-0.1, -0.05) is 27.5 Å². The zero-order valence-electron chi connectivity index (χ0n) is 14.5. The Kier molecular flexibility index (Phi) is 6.35. The molecule has 28 heavy (non-hydrogen) atoms. The summed E-state index contributed by atoms with van der Waals surface area (Å²) >= 11 is 9.27. The molecule has 2 aromatic carbocycles. The van der Waals surface area contributed by atoms with Gasteiger partial charge in [-0.05, 0) is 48.5 Å². The molecule has 1 heterocycles. The molecule has 0 saturated heterocycles. The van der Waals surface area contributed by atoms with E-state index in [1.54, 1.807) is 48.5 Å². The molecule has 0 bridgehead atoms. The first-order chi connectivity index (χ1) is 13.5. The molecular weight excluding hydrogens is 448 g/mol. The molecule has 0 spiro atoms. The van der Waals surface area contributed by atoms with Gasteiger partial charge >= 0.3 is 5.56 Å². The quantitative estimate of drug-likeness (QED) is 0.516. The van der Waals surface area contributed by atoms with Gasteiger partial charge in [0.25, 0.3) is 0 Å². The van der Waals surface area contributed by atoms with Gasteiger partial charge in [0.2, 0.25) is 5.75 Å². The minimum atomic E-state index is -0.480. The Morgan fingerprint density at radius 1 is 1.25 bits per heavy atom. The van der Waals surface area contributed by atoms with Crippen LogP contribution in [0.25, 0.3) is 5.69 Å². The summed E-state index contributed by atoms with van der Waals surface area (Å²) in [5, 5.41) is 16.6. The van der Waals surface area contributed by atoms with Crippen molar-refractivity contribution in [2.75, 3.05) is 11.9 Å². The van der Waals surface area contributed by atoms with Crippen LogP contribution in [-0.2, 0) is 0 Å². The standard InChI is InChI=1S/C19H16BrClN4O3/c20-12-1-7-16(8-2-12)28-18-17(23-9-14(22)11-26)10-24-25(19(18)27)15-5-3-13(21)4-6-15/h1-10,23,26H,11,22H2/b14-9-. The molecule has 1 aromatic heterocycles. The Balaban J connectivity index is 2.07. The lowest BCUT2D eigenvalue weighted by molar-refractivity contribution is 0.329. The van der Waals surface area contributed by atoms with Gasteiger partial charge in [0, 0.05) is 15.7 Å². The summed E-state index contributed by atoms with van der Waals surface area (Å²) in [6.45, 7) is -0.328. The first-order valence-electron chi connectivity index (χ1n) is 8.11. The Morgan fingerprint density at radius 3 is 2.57 bits per heavy atom. The number of benzene rings is 2. The number of nitrogens with zero attached hydrogens (tertiary/aromatic N) is 2. The number of rotatable bonds is 6. The summed E-state index contributed by atoms with van der Waals surface area (Å²) in [4.78, 5) is 13.1. The molecule has 7 nitrogen and oxygen atoms in total. The Labute approximate surface area is 174 Å². The summed E-state index contributed by atoms with van der Waals surface area (Å²) in [7, 11) is 0. The van der Waals surface area contributed by atoms with Crippen molar-refractivity contribution in [3.8, 4) is 17.2 Å². The lowest BCUT2D eigenvalue weighted by Gasteiger charge is -2.13. The smallest absolute Gasteiger partial charge is 0.316 e. The van der Waals surface area contributed by atoms with Gasteiger partial charge < -0.3 is 20.9 Å². The highest BCUT2D eigenvalue weighted by molar-refractivity contribution is 9.10. The van der Waals surface area contributed by atoms with Crippen LogP contribution in [0.3, 0.4) is 0 Å². The summed E-state index contributed by atoms with van der Waals surface area (Å²) < 4.78 is 7.91. The number of ether oxygens (including phenoxy) is 1. The highest BCUT2D eigenvalue weighted by Gasteiger charge is 2.15. The number of aliphatic hydroxyl groups is 1. The SMILES string of the molecule is N/C(=C\Nc1cnn(-c2ccc(Cl)cc2)c(=O)c1Oc1ccc(Br)cc1)CO. The number of aromatic nitrogens is 2. The van der Waals surface area contributed by atoms with Gasteiger partial charge in [-0.25, -0.2) is 0 Å². The summed E-state index contributed by atoms with van der Waals surface area (Å²) in [6, 6.07) is 13.7. The van der Waals surface area contributed by atoms with Crippen LogP contribution in [0.5, 0.6) is 11.5 Å². The molecule has 3 rings (SSSR count). The normalized spacial score (nSPS) is 11.3. The molecule has 0 atom stereocenters. The van der Waals surface area contributed by atoms with E-state index in [9.17, 15) is 4.79 Å². The molecule has 0 radical (unpaired) electrons. The zero-order valence-corrected chi connectivity index (χ0v) is 16.8. The minimum absolute atomic E-state index is 0.0225. The van der Waals surface area contributed by atoms with Gasteiger partial charge in [-0.2, -0.15) is 9.78 Å². The number of hydrogen-bond donors (Lipinski definition) is 3. The van der Waals surface area contributed by atoms with E-state index in [4.69, 9.17) is 27.2 Å². The van der Waals surface area contributed by atoms with E-state index >= 15 is 0 Å². The number of halogens is 2. The van der Waals surface area contributed by atoms with Crippen molar-refractivity contribution in [2.24, 2.45) is 5.73 Å². The monoisotopic (exact) mass is 462 g/mol. The van der Waals surface area contributed by atoms with Crippen LogP contribution in [0.2, 0.25) is 5.02 Å². The molecule has 0 unspecified atom stereocenters. The fourth-order valence-electron chi connectivity index (χ4n) is 2.24. The molecule has 0 aliphatic carbocycles. The summed E-state index contributed by atoms with van der Waals surface area (Å²) in [5.41, 5.74) is 6.15. The molecule has 0 amide bonds. The second kappa shape index (κ2) is 8.92. The number of nitrogens with one attached hydrogen (secondary N) is 1. The average molecular weight is 464 g/mol. The molecule has 9 heteroatoms. The van der Waals surface area contributed by atoms with Gasteiger partial charge in [-0.15, -0.1) is 0 Å². The van der Waals surface area contributed by atoms with Crippen LogP contribution < -0.4 is 21.3 Å². The highest BCUT2D eigenvalue weighted by Crippen LogP contribution is 2.27. The van der Waals surface area contributed by atoms with E-state index < -0.39 is 5.56 Å². The number of hydrogen-bond acceptors (Lipinski definition) is 6. The molecule has 4 N–H and O–H groups in total. The maximum absolute atomic E-state index is 13.1. The van der Waals surface area contributed by atoms with E-state index in [1.807, 2.05) is 0 Å². The van der Waals surface area contributed by atoms with Crippen molar-refractivity contribution in [3.63, 3.8) is 0 Å². The molecule has 144 valence electrons. The predicted octanol–water partition coefficient (Wildman–Crippen LogP) is 3.65. The molecular formula is C19H16BrClN4O3. The highest BCUT2D eigenvalue weighted by atomic mass is 79.9. The molecule has 0 aliphatic rings. The third-order valence-corrected chi connectivity index (χ3v) is 4.41. The third kappa shape index (κ3) is 4.72. The van der Waals surface area contributed by atoms with Gasteiger partial charge in [0.05, 0.1) is 24.2 Å². The topological polar surface area (TPSA) is 102 Å².